The molecule has 0 amide bonds. The van der Waals surface area contributed by atoms with Crippen molar-refractivity contribution < 1.29 is 9.23 Å². The molecule has 0 aliphatic heterocycles. The Balaban J connectivity index is 2.35. The van der Waals surface area contributed by atoms with Gasteiger partial charge in [0.2, 0.25) is 0 Å². The van der Waals surface area contributed by atoms with Crippen molar-refractivity contribution in [1.82, 2.24) is 9.97 Å². The summed E-state index contributed by atoms with van der Waals surface area (Å²) in [7, 11) is 1.41. The summed E-state index contributed by atoms with van der Waals surface area (Å²) in [5, 5.41) is 6.59. The van der Waals surface area contributed by atoms with E-state index in [1.165, 1.54) is 37.9 Å². The number of halogens is 2. The van der Waals surface area contributed by atoms with Gasteiger partial charge in [-0.05, 0) is 18.2 Å². The minimum Gasteiger partial charge on any atom is -0.399 e. The fraction of sp³-hybridized carbons (Fsp3) is 0.0833. The number of aromatic nitrogens is 2. The Bertz CT molecular complexity index is 650. The zero-order valence-electron chi connectivity index (χ0n) is 10.5. The number of benzene rings is 1. The monoisotopic (exact) mass is 295 g/mol. The van der Waals surface area contributed by atoms with Gasteiger partial charge in [0.05, 0.1) is 16.8 Å². The average molecular weight is 296 g/mol. The van der Waals surface area contributed by atoms with Crippen LogP contribution in [-0.2, 0) is 4.84 Å². The zero-order chi connectivity index (χ0) is 14.5. The van der Waals surface area contributed by atoms with Crippen LogP contribution in [0.3, 0.4) is 0 Å². The van der Waals surface area contributed by atoms with E-state index in [0.717, 1.165) is 0 Å². The molecular formula is C12H11ClFN5O. The van der Waals surface area contributed by atoms with Crippen molar-refractivity contribution in [1.29, 1.82) is 0 Å². The molecule has 20 heavy (non-hydrogen) atoms. The number of rotatable bonds is 4. The summed E-state index contributed by atoms with van der Waals surface area (Å²) < 4.78 is 13.1. The van der Waals surface area contributed by atoms with Gasteiger partial charge < -0.3 is 15.9 Å². The normalized spacial score (nSPS) is 10.8. The van der Waals surface area contributed by atoms with E-state index in [-0.39, 0.29) is 10.8 Å². The first-order valence-electron chi connectivity index (χ1n) is 5.51. The van der Waals surface area contributed by atoms with Crippen molar-refractivity contribution in [2.24, 2.45) is 5.16 Å². The highest BCUT2D eigenvalue weighted by Gasteiger charge is 2.09. The third kappa shape index (κ3) is 3.12. The van der Waals surface area contributed by atoms with Gasteiger partial charge in [0.15, 0.2) is 0 Å². The third-order valence-electron chi connectivity index (χ3n) is 2.38. The van der Waals surface area contributed by atoms with E-state index >= 15 is 0 Å². The SMILES string of the molecule is CO/N=C/c1c(N)ncnc1Nc1ccc(F)c(Cl)c1. The fourth-order valence-electron chi connectivity index (χ4n) is 1.45. The molecule has 0 aliphatic rings. The number of nitrogens with zero attached hydrogens (tertiary/aromatic N) is 3. The van der Waals surface area contributed by atoms with Crippen LogP contribution in [0.5, 0.6) is 0 Å². The van der Waals surface area contributed by atoms with E-state index in [2.05, 4.69) is 25.3 Å². The summed E-state index contributed by atoms with van der Waals surface area (Å²) in [5.41, 5.74) is 6.76. The summed E-state index contributed by atoms with van der Waals surface area (Å²) in [4.78, 5) is 12.5. The lowest BCUT2D eigenvalue weighted by Gasteiger charge is -2.09. The lowest BCUT2D eigenvalue weighted by molar-refractivity contribution is 0.215. The van der Waals surface area contributed by atoms with Crippen LogP contribution in [0.25, 0.3) is 0 Å². The van der Waals surface area contributed by atoms with E-state index in [0.29, 0.717) is 17.1 Å². The van der Waals surface area contributed by atoms with Gasteiger partial charge >= 0.3 is 0 Å². The van der Waals surface area contributed by atoms with Crippen LogP contribution < -0.4 is 11.1 Å². The van der Waals surface area contributed by atoms with Gasteiger partial charge in [0.1, 0.15) is 30.9 Å². The highest BCUT2D eigenvalue weighted by atomic mass is 35.5. The number of nitrogens with two attached hydrogens (primary N) is 1. The lowest BCUT2D eigenvalue weighted by atomic mass is 10.2. The molecule has 0 atom stereocenters. The smallest absolute Gasteiger partial charge is 0.144 e. The van der Waals surface area contributed by atoms with Crippen molar-refractivity contribution >= 4 is 35.1 Å². The molecule has 0 aliphatic carbocycles. The molecule has 104 valence electrons. The quantitative estimate of drug-likeness (QED) is 0.669. The molecule has 0 spiro atoms. The number of hydrogen-bond donors (Lipinski definition) is 2. The molecule has 8 heteroatoms. The summed E-state index contributed by atoms with van der Waals surface area (Å²) >= 11 is 5.72. The van der Waals surface area contributed by atoms with Gasteiger partial charge in [-0.1, -0.05) is 16.8 Å². The second-order valence-electron chi connectivity index (χ2n) is 3.69. The minimum absolute atomic E-state index is 0.00383. The molecular weight excluding hydrogens is 285 g/mol. The molecule has 0 saturated heterocycles. The summed E-state index contributed by atoms with van der Waals surface area (Å²) in [6.07, 6.45) is 2.68. The zero-order valence-corrected chi connectivity index (χ0v) is 11.2. The standard InChI is InChI=1S/C12H11ClFN5O/c1-20-18-5-8-11(15)16-6-17-12(8)19-7-2-3-10(14)9(13)4-7/h2-6H,1H3,(H3,15,16,17,19)/b18-5+. The van der Waals surface area contributed by atoms with Crippen molar-refractivity contribution in [3.05, 3.63) is 40.9 Å². The Morgan fingerprint density at radius 1 is 1.45 bits per heavy atom. The van der Waals surface area contributed by atoms with Crippen LogP contribution in [0, 0.1) is 5.82 Å². The Morgan fingerprint density at radius 2 is 2.25 bits per heavy atom. The molecule has 0 bridgehead atoms. The molecule has 0 radical (unpaired) electrons. The number of nitrogens with one attached hydrogen (secondary N) is 1. The van der Waals surface area contributed by atoms with Gasteiger partial charge in [0.25, 0.3) is 0 Å². The predicted molar refractivity (Wildman–Crippen MR) is 75.7 cm³/mol. The summed E-state index contributed by atoms with van der Waals surface area (Å²) in [5.74, 6) is 0.137. The molecule has 0 unspecified atom stereocenters. The summed E-state index contributed by atoms with van der Waals surface area (Å²) in [6, 6.07) is 4.21. The first kappa shape index (κ1) is 14.0. The van der Waals surface area contributed by atoms with Gasteiger partial charge in [-0.2, -0.15) is 0 Å². The maximum atomic E-state index is 13.1. The fourth-order valence-corrected chi connectivity index (χ4v) is 1.63. The number of anilines is 3. The third-order valence-corrected chi connectivity index (χ3v) is 2.67. The second-order valence-corrected chi connectivity index (χ2v) is 4.10. The predicted octanol–water partition coefficient (Wildman–Crippen LogP) is 2.58. The van der Waals surface area contributed by atoms with Gasteiger partial charge in [-0.15, -0.1) is 0 Å². The largest absolute Gasteiger partial charge is 0.399 e. The van der Waals surface area contributed by atoms with Crippen molar-refractivity contribution in [2.75, 3.05) is 18.2 Å². The van der Waals surface area contributed by atoms with Crippen LogP contribution in [0.2, 0.25) is 5.02 Å². The molecule has 1 aromatic heterocycles. The number of oxime groups is 1. The van der Waals surface area contributed by atoms with E-state index in [1.807, 2.05) is 0 Å². The highest BCUT2D eigenvalue weighted by molar-refractivity contribution is 6.31. The van der Waals surface area contributed by atoms with Crippen molar-refractivity contribution in [3.8, 4) is 0 Å². The van der Waals surface area contributed by atoms with E-state index in [9.17, 15) is 4.39 Å². The maximum absolute atomic E-state index is 13.1. The Kier molecular flexibility index (Phi) is 4.31. The first-order chi connectivity index (χ1) is 9.61. The molecule has 0 saturated carbocycles. The van der Waals surface area contributed by atoms with E-state index < -0.39 is 5.82 Å². The average Bonchev–Trinajstić information content (AvgIpc) is 2.42. The van der Waals surface area contributed by atoms with Gasteiger partial charge in [0, 0.05) is 5.69 Å². The molecule has 6 nitrogen and oxygen atoms in total. The van der Waals surface area contributed by atoms with E-state index in [1.54, 1.807) is 0 Å². The van der Waals surface area contributed by atoms with Gasteiger partial charge in [-0.25, -0.2) is 14.4 Å². The van der Waals surface area contributed by atoms with Crippen LogP contribution in [0.1, 0.15) is 5.56 Å². The Hall–Kier alpha value is -2.41. The first-order valence-corrected chi connectivity index (χ1v) is 5.88. The minimum atomic E-state index is -0.499. The Labute approximate surface area is 119 Å². The maximum Gasteiger partial charge on any atom is 0.144 e. The summed E-state index contributed by atoms with van der Waals surface area (Å²) in [6.45, 7) is 0. The van der Waals surface area contributed by atoms with Crippen LogP contribution in [0.4, 0.5) is 21.7 Å². The highest BCUT2D eigenvalue weighted by Crippen LogP contribution is 2.24. The van der Waals surface area contributed by atoms with Crippen molar-refractivity contribution in [2.45, 2.75) is 0 Å². The number of nitrogen functional groups attached to an aromatic ring is 1. The molecule has 3 N–H and O–H groups in total. The topological polar surface area (TPSA) is 85.4 Å². The molecule has 1 aromatic carbocycles. The van der Waals surface area contributed by atoms with Gasteiger partial charge in [-0.3, -0.25) is 0 Å². The molecule has 1 heterocycles. The van der Waals surface area contributed by atoms with Crippen LogP contribution in [0.15, 0.2) is 29.7 Å². The van der Waals surface area contributed by atoms with Crippen molar-refractivity contribution in [3.63, 3.8) is 0 Å². The lowest BCUT2D eigenvalue weighted by Crippen LogP contribution is -2.05. The Morgan fingerprint density at radius 3 is 2.95 bits per heavy atom. The second kappa shape index (κ2) is 6.16. The molecule has 2 aromatic rings. The molecule has 0 fully saturated rings. The number of hydrogen-bond acceptors (Lipinski definition) is 6. The van der Waals surface area contributed by atoms with E-state index in [4.69, 9.17) is 17.3 Å². The van der Waals surface area contributed by atoms with Crippen LogP contribution in [-0.4, -0.2) is 23.3 Å². The molecule has 2 rings (SSSR count). The van der Waals surface area contributed by atoms with Crippen LogP contribution >= 0.6 is 11.6 Å².